The first-order valence-corrected chi connectivity index (χ1v) is 5.55. The summed E-state index contributed by atoms with van der Waals surface area (Å²) < 4.78 is 1.51. The van der Waals surface area contributed by atoms with Gasteiger partial charge >= 0.3 is 0 Å². The van der Waals surface area contributed by atoms with Crippen molar-refractivity contribution >= 4 is 0 Å². The molecule has 1 unspecified atom stereocenters. The average Bonchev–Trinajstić information content (AvgIpc) is 2.14. The van der Waals surface area contributed by atoms with Gasteiger partial charge in [0.15, 0.2) is 0 Å². The van der Waals surface area contributed by atoms with Crippen molar-refractivity contribution in [1.82, 2.24) is 15.1 Å². The van der Waals surface area contributed by atoms with Crippen LogP contribution in [0.1, 0.15) is 26.3 Å². The zero-order chi connectivity index (χ0) is 12.3. The largest absolute Gasteiger partial charge is 0.315 e. The monoisotopic (exact) mass is 223 g/mol. The summed E-state index contributed by atoms with van der Waals surface area (Å²) in [5, 5.41) is 7.38. The first kappa shape index (κ1) is 12.9. The summed E-state index contributed by atoms with van der Waals surface area (Å²) in [7, 11) is 1.91. The number of nitrogens with one attached hydrogen (secondary N) is 1. The Balaban J connectivity index is 2.91. The van der Waals surface area contributed by atoms with Crippen LogP contribution in [-0.4, -0.2) is 22.9 Å². The van der Waals surface area contributed by atoms with Crippen LogP contribution in [0.4, 0.5) is 0 Å². The maximum atomic E-state index is 11.7. The Morgan fingerprint density at radius 1 is 1.50 bits per heavy atom. The van der Waals surface area contributed by atoms with E-state index in [1.54, 1.807) is 12.3 Å². The average molecular weight is 223 g/mol. The molecule has 0 aliphatic heterocycles. The molecule has 0 aliphatic rings. The van der Waals surface area contributed by atoms with Crippen LogP contribution in [0, 0.1) is 12.3 Å². The molecule has 0 amide bonds. The molecule has 0 spiro atoms. The fourth-order valence-corrected chi connectivity index (χ4v) is 1.63. The molecule has 16 heavy (non-hydrogen) atoms. The standard InChI is InChI=1S/C12H21N3O/c1-9-6-11(16)15(14-7-9)8-10(13-5)12(2,3)4/h6-7,10,13H,8H2,1-5H3. The topological polar surface area (TPSA) is 46.9 Å². The molecule has 90 valence electrons. The minimum absolute atomic E-state index is 0.0375. The minimum atomic E-state index is -0.0375. The molecular formula is C12H21N3O. The number of likely N-dealkylation sites (N-methyl/N-ethyl adjacent to an activating group) is 1. The lowest BCUT2D eigenvalue weighted by Gasteiger charge is -2.30. The first-order valence-electron chi connectivity index (χ1n) is 5.55. The van der Waals surface area contributed by atoms with E-state index in [2.05, 4.69) is 31.2 Å². The Bertz CT molecular complexity index is 403. The maximum Gasteiger partial charge on any atom is 0.267 e. The lowest BCUT2D eigenvalue weighted by atomic mass is 9.87. The third kappa shape index (κ3) is 3.17. The summed E-state index contributed by atoms with van der Waals surface area (Å²) in [5.74, 6) is 0. The van der Waals surface area contributed by atoms with Crippen LogP contribution in [0.3, 0.4) is 0 Å². The van der Waals surface area contributed by atoms with Crippen LogP contribution < -0.4 is 10.9 Å². The third-order valence-corrected chi connectivity index (χ3v) is 2.76. The molecule has 1 aromatic heterocycles. The van der Waals surface area contributed by atoms with Gasteiger partial charge in [-0.15, -0.1) is 0 Å². The highest BCUT2D eigenvalue weighted by molar-refractivity contribution is 5.02. The molecule has 0 radical (unpaired) electrons. The van der Waals surface area contributed by atoms with E-state index >= 15 is 0 Å². The number of nitrogens with zero attached hydrogens (tertiary/aromatic N) is 2. The first-order chi connectivity index (χ1) is 7.34. The van der Waals surface area contributed by atoms with Crippen molar-refractivity contribution in [2.24, 2.45) is 5.41 Å². The SMILES string of the molecule is CNC(Cn1ncc(C)cc1=O)C(C)(C)C. The van der Waals surface area contributed by atoms with Crippen molar-refractivity contribution in [3.05, 3.63) is 28.2 Å². The third-order valence-electron chi connectivity index (χ3n) is 2.76. The van der Waals surface area contributed by atoms with Gasteiger partial charge in [-0.2, -0.15) is 5.10 Å². The summed E-state index contributed by atoms with van der Waals surface area (Å²) in [5.41, 5.74) is 0.961. The predicted molar refractivity (Wildman–Crippen MR) is 65.5 cm³/mol. The number of aryl methyl sites for hydroxylation is 1. The van der Waals surface area contributed by atoms with Crippen LogP contribution in [0.5, 0.6) is 0 Å². The lowest BCUT2D eigenvalue weighted by Crippen LogP contribution is -2.44. The van der Waals surface area contributed by atoms with Gasteiger partial charge in [-0.3, -0.25) is 4.79 Å². The zero-order valence-electron chi connectivity index (χ0n) is 10.7. The quantitative estimate of drug-likeness (QED) is 0.837. The van der Waals surface area contributed by atoms with Gasteiger partial charge in [0.25, 0.3) is 5.56 Å². The van der Waals surface area contributed by atoms with E-state index < -0.39 is 0 Å². The highest BCUT2D eigenvalue weighted by atomic mass is 16.1. The van der Waals surface area contributed by atoms with Gasteiger partial charge in [0.05, 0.1) is 12.7 Å². The summed E-state index contributed by atoms with van der Waals surface area (Å²) in [6.07, 6.45) is 1.72. The summed E-state index contributed by atoms with van der Waals surface area (Å²) in [6, 6.07) is 1.84. The van der Waals surface area contributed by atoms with E-state index in [4.69, 9.17) is 0 Å². The molecule has 1 N–H and O–H groups in total. The van der Waals surface area contributed by atoms with E-state index in [1.807, 2.05) is 14.0 Å². The van der Waals surface area contributed by atoms with Gasteiger partial charge in [-0.05, 0) is 24.9 Å². The number of hydrogen-bond acceptors (Lipinski definition) is 3. The highest BCUT2D eigenvalue weighted by Gasteiger charge is 2.23. The van der Waals surface area contributed by atoms with Crippen LogP contribution >= 0.6 is 0 Å². The lowest BCUT2D eigenvalue weighted by molar-refractivity contribution is 0.244. The summed E-state index contributed by atoms with van der Waals surface area (Å²) in [6.45, 7) is 8.91. The van der Waals surface area contributed by atoms with Crippen molar-refractivity contribution in [3.63, 3.8) is 0 Å². The molecule has 1 heterocycles. The van der Waals surface area contributed by atoms with E-state index in [-0.39, 0.29) is 17.0 Å². The zero-order valence-corrected chi connectivity index (χ0v) is 10.7. The van der Waals surface area contributed by atoms with Gasteiger partial charge < -0.3 is 5.32 Å². The smallest absolute Gasteiger partial charge is 0.267 e. The molecule has 1 rings (SSSR count). The van der Waals surface area contributed by atoms with Crippen LogP contribution in [0.25, 0.3) is 0 Å². The molecular weight excluding hydrogens is 202 g/mol. The Morgan fingerprint density at radius 3 is 2.56 bits per heavy atom. The second-order valence-corrected chi connectivity index (χ2v) is 5.26. The Morgan fingerprint density at radius 2 is 2.12 bits per heavy atom. The van der Waals surface area contributed by atoms with Crippen LogP contribution in [-0.2, 0) is 6.54 Å². The molecule has 0 aromatic carbocycles. The molecule has 0 saturated heterocycles. The molecule has 0 saturated carbocycles. The van der Waals surface area contributed by atoms with Crippen molar-refractivity contribution in [2.45, 2.75) is 40.3 Å². The van der Waals surface area contributed by atoms with Crippen LogP contribution in [0.2, 0.25) is 0 Å². The molecule has 0 aliphatic carbocycles. The van der Waals surface area contributed by atoms with Gasteiger partial charge in [0, 0.05) is 12.1 Å². The Kier molecular flexibility index (Phi) is 3.86. The molecule has 4 heteroatoms. The fourth-order valence-electron chi connectivity index (χ4n) is 1.63. The van der Waals surface area contributed by atoms with Crippen LogP contribution in [0.15, 0.2) is 17.1 Å². The van der Waals surface area contributed by atoms with E-state index in [0.29, 0.717) is 6.54 Å². The van der Waals surface area contributed by atoms with Gasteiger partial charge in [0.2, 0.25) is 0 Å². The normalized spacial score (nSPS) is 13.8. The Labute approximate surface area is 96.7 Å². The predicted octanol–water partition coefficient (Wildman–Crippen LogP) is 1.19. The molecule has 0 bridgehead atoms. The maximum absolute atomic E-state index is 11.7. The highest BCUT2D eigenvalue weighted by Crippen LogP contribution is 2.19. The van der Waals surface area contributed by atoms with E-state index in [9.17, 15) is 4.79 Å². The minimum Gasteiger partial charge on any atom is -0.315 e. The van der Waals surface area contributed by atoms with Crippen molar-refractivity contribution in [1.29, 1.82) is 0 Å². The number of hydrogen-bond donors (Lipinski definition) is 1. The summed E-state index contributed by atoms with van der Waals surface area (Å²) in [4.78, 5) is 11.7. The van der Waals surface area contributed by atoms with Gasteiger partial charge in [-0.25, -0.2) is 4.68 Å². The van der Waals surface area contributed by atoms with Crippen molar-refractivity contribution in [2.75, 3.05) is 7.05 Å². The van der Waals surface area contributed by atoms with Gasteiger partial charge in [0.1, 0.15) is 0 Å². The summed E-state index contributed by atoms with van der Waals surface area (Å²) >= 11 is 0. The van der Waals surface area contributed by atoms with Crippen molar-refractivity contribution < 1.29 is 0 Å². The number of rotatable bonds is 3. The van der Waals surface area contributed by atoms with Gasteiger partial charge in [-0.1, -0.05) is 20.8 Å². The molecule has 1 atom stereocenters. The molecule has 4 nitrogen and oxygen atoms in total. The Hall–Kier alpha value is -1.16. The van der Waals surface area contributed by atoms with Crippen molar-refractivity contribution in [3.8, 4) is 0 Å². The van der Waals surface area contributed by atoms with E-state index in [1.165, 1.54) is 4.68 Å². The molecule has 0 fully saturated rings. The van der Waals surface area contributed by atoms with E-state index in [0.717, 1.165) is 5.56 Å². The fraction of sp³-hybridized carbons (Fsp3) is 0.667. The second-order valence-electron chi connectivity index (χ2n) is 5.26. The number of aromatic nitrogens is 2. The second kappa shape index (κ2) is 4.78. The molecule has 1 aromatic rings.